The zero-order chi connectivity index (χ0) is 17.6. The third-order valence-electron chi connectivity index (χ3n) is 5.44. The Bertz CT molecular complexity index is 716. The molecule has 3 atom stereocenters. The lowest BCUT2D eigenvalue weighted by Crippen LogP contribution is -2.38. The number of nitrogens with zero attached hydrogens (tertiary/aromatic N) is 3. The third-order valence-corrected chi connectivity index (χ3v) is 5.80. The summed E-state index contributed by atoms with van der Waals surface area (Å²) in [5.74, 6) is 0.0767. The van der Waals surface area contributed by atoms with Crippen LogP contribution in [0.3, 0.4) is 0 Å². The smallest absolute Gasteiger partial charge is 0.327 e. The second kappa shape index (κ2) is 6.06. The van der Waals surface area contributed by atoms with Crippen LogP contribution in [0.2, 0.25) is 5.02 Å². The summed E-state index contributed by atoms with van der Waals surface area (Å²) in [6, 6.07) is 0.704. The van der Waals surface area contributed by atoms with Crippen molar-refractivity contribution < 1.29 is 9.53 Å². The first-order valence-corrected chi connectivity index (χ1v) is 8.72. The lowest BCUT2D eigenvalue weighted by molar-refractivity contribution is -0.141. The Labute approximate surface area is 146 Å². The molecule has 2 heterocycles. The number of esters is 1. The molecule has 0 N–H and O–H groups in total. The number of methoxy groups -OCH3 is 1. The highest BCUT2D eigenvalue weighted by atomic mass is 35.5. The van der Waals surface area contributed by atoms with Crippen LogP contribution >= 0.6 is 11.6 Å². The van der Waals surface area contributed by atoms with E-state index in [1.165, 1.54) is 13.5 Å². The standard InChI is InChI=1S/C17H24ClN3O3/c1-10-11-5-12(7-17(2,3)6-11)21(10)13-8-19-20(9-14(22)24-4)16(23)15(13)18/h8,10-12H,5-7,9H2,1-4H3/t10-,11+,12-/m0/s1. The predicted molar refractivity (Wildman–Crippen MR) is 92.4 cm³/mol. The Kier molecular flexibility index (Phi) is 4.36. The average Bonchev–Trinajstić information content (AvgIpc) is 2.74. The van der Waals surface area contributed by atoms with E-state index in [4.69, 9.17) is 11.6 Å². The van der Waals surface area contributed by atoms with Crippen LogP contribution < -0.4 is 10.5 Å². The van der Waals surface area contributed by atoms with Gasteiger partial charge in [0, 0.05) is 12.1 Å². The summed E-state index contributed by atoms with van der Waals surface area (Å²) in [4.78, 5) is 26.1. The molecule has 6 nitrogen and oxygen atoms in total. The zero-order valence-corrected chi connectivity index (χ0v) is 15.3. The van der Waals surface area contributed by atoms with Crippen LogP contribution in [0.25, 0.3) is 0 Å². The van der Waals surface area contributed by atoms with Gasteiger partial charge in [-0.2, -0.15) is 5.10 Å². The molecular formula is C17H24ClN3O3. The van der Waals surface area contributed by atoms with Gasteiger partial charge in [-0.25, -0.2) is 4.68 Å². The number of anilines is 1. The third kappa shape index (κ3) is 2.92. The summed E-state index contributed by atoms with van der Waals surface area (Å²) in [7, 11) is 1.28. The minimum Gasteiger partial charge on any atom is -0.468 e. The summed E-state index contributed by atoms with van der Waals surface area (Å²) in [5.41, 5.74) is 0.532. The summed E-state index contributed by atoms with van der Waals surface area (Å²) >= 11 is 6.36. The number of carbonyl (C=O) groups excluding carboxylic acids is 1. The van der Waals surface area contributed by atoms with E-state index < -0.39 is 11.5 Å². The molecule has 2 fully saturated rings. The topological polar surface area (TPSA) is 64.4 Å². The molecule has 2 bridgehead atoms. The summed E-state index contributed by atoms with van der Waals surface area (Å²) < 4.78 is 5.63. The van der Waals surface area contributed by atoms with Gasteiger partial charge < -0.3 is 9.64 Å². The molecule has 3 rings (SSSR count). The van der Waals surface area contributed by atoms with Gasteiger partial charge in [-0.3, -0.25) is 9.59 Å². The zero-order valence-electron chi connectivity index (χ0n) is 14.6. The molecule has 0 aromatic carbocycles. The van der Waals surface area contributed by atoms with Crippen LogP contribution in [0.4, 0.5) is 5.69 Å². The van der Waals surface area contributed by atoms with Gasteiger partial charge in [0.15, 0.2) is 0 Å². The highest BCUT2D eigenvalue weighted by Gasteiger charge is 2.47. The average molecular weight is 354 g/mol. The van der Waals surface area contributed by atoms with Crippen molar-refractivity contribution in [3.05, 3.63) is 21.6 Å². The van der Waals surface area contributed by atoms with E-state index in [9.17, 15) is 9.59 Å². The largest absolute Gasteiger partial charge is 0.468 e. The number of ether oxygens (including phenoxy) is 1. The van der Waals surface area contributed by atoms with Gasteiger partial charge in [-0.1, -0.05) is 25.4 Å². The van der Waals surface area contributed by atoms with Crippen molar-refractivity contribution in [3.8, 4) is 0 Å². The normalized spacial score (nSPS) is 28.0. The Morgan fingerprint density at radius 3 is 2.83 bits per heavy atom. The molecule has 24 heavy (non-hydrogen) atoms. The molecule has 1 aliphatic carbocycles. The van der Waals surface area contributed by atoms with Crippen molar-refractivity contribution in [3.63, 3.8) is 0 Å². The van der Waals surface area contributed by atoms with E-state index in [0.29, 0.717) is 29.1 Å². The summed E-state index contributed by atoms with van der Waals surface area (Å²) in [5, 5.41) is 4.26. The van der Waals surface area contributed by atoms with Crippen molar-refractivity contribution >= 4 is 23.3 Å². The van der Waals surface area contributed by atoms with E-state index >= 15 is 0 Å². The number of aromatic nitrogens is 2. The first-order chi connectivity index (χ1) is 11.2. The van der Waals surface area contributed by atoms with Crippen molar-refractivity contribution in [1.82, 2.24) is 9.78 Å². The molecule has 1 aliphatic heterocycles. The minimum absolute atomic E-state index is 0.131. The van der Waals surface area contributed by atoms with Crippen LogP contribution in [-0.4, -0.2) is 34.9 Å². The van der Waals surface area contributed by atoms with Crippen molar-refractivity contribution in [2.24, 2.45) is 11.3 Å². The molecule has 7 heteroatoms. The number of fused-ring (bicyclic) bond motifs is 2. The SMILES string of the molecule is COC(=O)Cn1ncc(N2[C@H]3C[C@H](CC(C)(C)C3)[C@@H]2C)c(Cl)c1=O. The van der Waals surface area contributed by atoms with Gasteiger partial charge in [0.25, 0.3) is 5.56 Å². The van der Waals surface area contributed by atoms with Crippen molar-refractivity contribution in [2.45, 2.75) is 58.7 Å². The van der Waals surface area contributed by atoms with Gasteiger partial charge in [-0.05, 0) is 37.5 Å². The van der Waals surface area contributed by atoms with Gasteiger partial charge >= 0.3 is 5.97 Å². The second-order valence-corrected chi connectivity index (χ2v) is 8.13. The lowest BCUT2D eigenvalue weighted by atomic mass is 9.71. The van der Waals surface area contributed by atoms with E-state index in [1.807, 2.05) is 0 Å². The molecule has 1 saturated heterocycles. The molecule has 0 amide bonds. The number of carbonyl (C=O) groups is 1. The summed E-state index contributed by atoms with van der Waals surface area (Å²) in [6.07, 6.45) is 5.00. The van der Waals surface area contributed by atoms with E-state index in [-0.39, 0.29) is 11.6 Å². The number of hydrogen-bond donors (Lipinski definition) is 0. The Morgan fingerprint density at radius 2 is 2.17 bits per heavy atom. The monoisotopic (exact) mass is 353 g/mol. The van der Waals surface area contributed by atoms with Crippen molar-refractivity contribution in [2.75, 3.05) is 12.0 Å². The number of hydrogen-bond acceptors (Lipinski definition) is 5. The van der Waals surface area contributed by atoms with E-state index in [0.717, 1.165) is 17.5 Å². The van der Waals surface area contributed by atoms with Crippen molar-refractivity contribution in [1.29, 1.82) is 0 Å². The first-order valence-electron chi connectivity index (χ1n) is 8.34. The molecule has 0 radical (unpaired) electrons. The quantitative estimate of drug-likeness (QED) is 0.781. The minimum atomic E-state index is -0.527. The fraction of sp³-hybridized carbons (Fsp3) is 0.706. The molecule has 2 aliphatic rings. The van der Waals surface area contributed by atoms with Crippen LogP contribution in [0.15, 0.2) is 11.0 Å². The molecule has 0 spiro atoms. The highest BCUT2D eigenvalue weighted by molar-refractivity contribution is 6.33. The Hall–Kier alpha value is -1.56. The van der Waals surface area contributed by atoms with Gasteiger partial charge in [-0.15, -0.1) is 0 Å². The van der Waals surface area contributed by atoms with E-state index in [1.54, 1.807) is 6.20 Å². The Balaban J connectivity index is 1.94. The van der Waals surface area contributed by atoms with Crippen LogP contribution in [0.1, 0.15) is 40.0 Å². The fourth-order valence-corrected chi connectivity index (χ4v) is 4.68. The van der Waals surface area contributed by atoms with Gasteiger partial charge in [0.1, 0.15) is 11.6 Å². The van der Waals surface area contributed by atoms with Crippen LogP contribution in [0.5, 0.6) is 0 Å². The molecule has 1 saturated carbocycles. The summed E-state index contributed by atoms with van der Waals surface area (Å²) in [6.45, 7) is 6.57. The number of halogens is 1. The fourth-order valence-electron chi connectivity index (χ4n) is 4.44. The van der Waals surface area contributed by atoms with Gasteiger partial charge in [0.2, 0.25) is 0 Å². The maximum absolute atomic E-state index is 12.5. The molecule has 1 aromatic heterocycles. The molecule has 0 unspecified atom stereocenters. The maximum Gasteiger partial charge on any atom is 0.327 e. The first kappa shape index (κ1) is 17.3. The molecular weight excluding hydrogens is 330 g/mol. The molecule has 132 valence electrons. The van der Waals surface area contributed by atoms with Crippen LogP contribution in [0, 0.1) is 11.3 Å². The van der Waals surface area contributed by atoms with Crippen LogP contribution in [-0.2, 0) is 16.1 Å². The lowest BCUT2D eigenvalue weighted by Gasteiger charge is -2.35. The Morgan fingerprint density at radius 1 is 1.46 bits per heavy atom. The molecule has 1 aromatic rings. The van der Waals surface area contributed by atoms with Gasteiger partial charge in [0.05, 0.1) is 19.0 Å². The van der Waals surface area contributed by atoms with E-state index in [2.05, 4.69) is 35.5 Å². The number of rotatable bonds is 3. The predicted octanol–water partition coefficient (Wildman–Crippen LogP) is 2.47. The second-order valence-electron chi connectivity index (χ2n) is 7.75. The maximum atomic E-state index is 12.5. The highest BCUT2D eigenvalue weighted by Crippen LogP contribution is 2.50.